The quantitative estimate of drug-likeness (QED) is 0.415. The zero-order valence-corrected chi connectivity index (χ0v) is 16.1. The Morgan fingerprint density at radius 1 is 0.880 bits per heavy atom. The molecule has 0 aromatic carbocycles. The minimum atomic E-state index is -0.714. The summed E-state index contributed by atoms with van der Waals surface area (Å²) in [6.07, 6.45) is 4.88. The lowest BCUT2D eigenvalue weighted by atomic mass is 9.95. The molecule has 1 aliphatic rings. The number of unbranched alkanes of at least 4 members (excludes halogenated alkanes) is 2. The molecule has 25 heavy (non-hydrogen) atoms. The van der Waals surface area contributed by atoms with Crippen molar-refractivity contribution in [3.05, 3.63) is 0 Å². The lowest BCUT2D eigenvalue weighted by molar-refractivity contribution is -0.0752. The van der Waals surface area contributed by atoms with Crippen molar-refractivity contribution in [3.8, 4) is 0 Å². The average Bonchev–Trinajstić information content (AvgIpc) is 2.51. The molecule has 2 unspecified atom stereocenters. The van der Waals surface area contributed by atoms with Crippen LogP contribution in [0.2, 0.25) is 0 Å². The van der Waals surface area contributed by atoms with Crippen molar-refractivity contribution in [2.24, 2.45) is 5.92 Å². The van der Waals surface area contributed by atoms with Crippen molar-refractivity contribution in [1.82, 2.24) is 0 Å². The Morgan fingerprint density at radius 2 is 1.48 bits per heavy atom. The van der Waals surface area contributed by atoms with E-state index in [2.05, 4.69) is 13.8 Å². The molecule has 0 N–H and O–H groups in total. The first kappa shape index (κ1) is 21.6. The molecule has 1 rings (SSSR count). The molecule has 0 saturated heterocycles. The molecule has 0 aromatic heterocycles. The Bertz CT molecular complexity index is 393. The minimum Gasteiger partial charge on any atom is -0.434 e. The van der Waals surface area contributed by atoms with Crippen LogP contribution in [0.4, 0.5) is 9.59 Å². The van der Waals surface area contributed by atoms with Crippen LogP contribution in [-0.2, 0) is 18.9 Å². The van der Waals surface area contributed by atoms with Crippen LogP contribution < -0.4 is 0 Å². The van der Waals surface area contributed by atoms with Gasteiger partial charge in [-0.1, -0.05) is 33.1 Å². The van der Waals surface area contributed by atoms with Crippen molar-refractivity contribution in [2.75, 3.05) is 6.61 Å². The van der Waals surface area contributed by atoms with Crippen LogP contribution in [0.25, 0.3) is 0 Å². The van der Waals surface area contributed by atoms with Crippen LogP contribution in [0.5, 0.6) is 0 Å². The SMILES string of the molecule is CC(C)CCCCCOC(=O)OC1CCCCC1OC(=O)OC(C)C. The van der Waals surface area contributed by atoms with Gasteiger partial charge in [-0.2, -0.15) is 0 Å². The summed E-state index contributed by atoms with van der Waals surface area (Å²) in [5, 5.41) is 0. The second-order valence-electron chi connectivity index (χ2n) is 7.36. The van der Waals surface area contributed by atoms with Gasteiger partial charge in [0.2, 0.25) is 0 Å². The van der Waals surface area contributed by atoms with Gasteiger partial charge in [0.1, 0.15) is 12.2 Å². The van der Waals surface area contributed by atoms with Gasteiger partial charge in [-0.3, -0.25) is 0 Å². The highest BCUT2D eigenvalue weighted by Crippen LogP contribution is 2.25. The van der Waals surface area contributed by atoms with Crippen molar-refractivity contribution in [3.63, 3.8) is 0 Å². The fourth-order valence-electron chi connectivity index (χ4n) is 2.82. The van der Waals surface area contributed by atoms with Gasteiger partial charge < -0.3 is 18.9 Å². The molecular weight excluding hydrogens is 324 g/mol. The summed E-state index contributed by atoms with van der Waals surface area (Å²) in [5.41, 5.74) is 0. The minimum absolute atomic E-state index is 0.240. The van der Waals surface area contributed by atoms with Gasteiger partial charge in [-0.25, -0.2) is 9.59 Å². The Balaban J connectivity index is 2.26. The summed E-state index contributed by atoms with van der Waals surface area (Å²) < 4.78 is 20.8. The van der Waals surface area contributed by atoms with E-state index < -0.39 is 24.5 Å². The third-order valence-electron chi connectivity index (χ3n) is 4.11. The summed E-state index contributed by atoms with van der Waals surface area (Å²) in [5.74, 6) is 0.705. The Hall–Kier alpha value is -1.46. The van der Waals surface area contributed by atoms with Crippen LogP contribution in [0.15, 0.2) is 0 Å². The Labute approximate surface area is 151 Å². The predicted octanol–water partition coefficient (Wildman–Crippen LogP) is 5.23. The summed E-state index contributed by atoms with van der Waals surface area (Å²) in [7, 11) is 0. The third kappa shape index (κ3) is 10.2. The smallest absolute Gasteiger partial charge is 0.434 e. The number of carbonyl (C=O) groups is 2. The standard InChI is InChI=1S/C19H34O6/c1-14(2)10-6-5-9-13-22-18(20)24-16-11-7-8-12-17(16)25-19(21)23-15(3)4/h14-17H,5-13H2,1-4H3. The molecule has 0 aromatic rings. The fraction of sp³-hybridized carbons (Fsp3) is 0.895. The molecule has 146 valence electrons. The van der Waals surface area contributed by atoms with Gasteiger partial charge in [0.25, 0.3) is 0 Å². The van der Waals surface area contributed by atoms with E-state index in [9.17, 15) is 9.59 Å². The molecular formula is C19H34O6. The third-order valence-corrected chi connectivity index (χ3v) is 4.11. The first-order chi connectivity index (χ1) is 11.9. The molecule has 0 bridgehead atoms. The maximum atomic E-state index is 11.8. The first-order valence-corrected chi connectivity index (χ1v) is 9.59. The topological polar surface area (TPSA) is 71.1 Å². The van der Waals surface area contributed by atoms with Gasteiger partial charge in [0, 0.05) is 0 Å². The number of hydrogen-bond donors (Lipinski definition) is 0. The molecule has 2 atom stereocenters. The van der Waals surface area contributed by atoms with E-state index in [1.165, 1.54) is 6.42 Å². The second-order valence-corrected chi connectivity index (χ2v) is 7.36. The molecule has 1 aliphatic carbocycles. The maximum absolute atomic E-state index is 11.8. The summed E-state index contributed by atoms with van der Waals surface area (Å²) >= 11 is 0. The van der Waals surface area contributed by atoms with Crippen molar-refractivity contribution in [1.29, 1.82) is 0 Å². The van der Waals surface area contributed by atoms with E-state index in [0.717, 1.165) is 32.1 Å². The zero-order chi connectivity index (χ0) is 18.7. The molecule has 0 radical (unpaired) electrons. The molecule has 0 amide bonds. The molecule has 1 saturated carbocycles. The van der Waals surface area contributed by atoms with Crippen LogP contribution in [-0.4, -0.2) is 37.2 Å². The molecule has 0 heterocycles. The van der Waals surface area contributed by atoms with Crippen LogP contribution >= 0.6 is 0 Å². The van der Waals surface area contributed by atoms with E-state index in [1.54, 1.807) is 13.8 Å². The first-order valence-electron chi connectivity index (χ1n) is 9.59. The molecule has 1 fully saturated rings. The van der Waals surface area contributed by atoms with Gasteiger partial charge >= 0.3 is 12.3 Å². The zero-order valence-electron chi connectivity index (χ0n) is 16.1. The molecule has 0 aliphatic heterocycles. The highest BCUT2D eigenvalue weighted by molar-refractivity contribution is 5.61. The maximum Gasteiger partial charge on any atom is 0.508 e. The van der Waals surface area contributed by atoms with Crippen LogP contribution in [0, 0.1) is 5.92 Å². The van der Waals surface area contributed by atoms with Gasteiger partial charge in [0.15, 0.2) is 0 Å². The van der Waals surface area contributed by atoms with Crippen molar-refractivity contribution >= 4 is 12.3 Å². The van der Waals surface area contributed by atoms with Gasteiger partial charge in [-0.05, 0) is 51.9 Å². The fourth-order valence-corrected chi connectivity index (χ4v) is 2.82. The Kier molecular flexibility index (Phi) is 10.3. The van der Waals surface area contributed by atoms with Gasteiger partial charge in [0.05, 0.1) is 12.7 Å². The monoisotopic (exact) mass is 358 g/mol. The second kappa shape index (κ2) is 12.0. The summed E-state index contributed by atoms with van der Waals surface area (Å²) in [4.78, 5) is 23.5. The van der Waals surface area contributed by atoms with Crippen LogP contribution in [0.1, 0.15) is 79.1 Å². The number of rotatable bonds is 9. The largest absolute Gasteiger partial charge is 0.508 e. The summed E-state index contributed by atoms with van der Waals surface area (Å²) in [6, 6.07) is 0. The highest BCUT2D eigenvalue weighted by atomic mass is 16.8. The normalized spacial score (nSPS) is 20.4. The van der Waals surface area contributed by atoms with Crippen molar-refractivity contribution < 1.29 is 28.5 Å². The average molecular weight is 358 g/mol. The lowest BCUT2D eigenvalue weighted by Crippen LogP contribution is -2.38. The summed E-state index contributed by atoms with van der Waals surface area (Å²) in [6.45, 7) is 8.29. The Morgan fingerprint density at radius 3 is 2.04 bits per heavy atom. The number of carbonyl (C=O) groups excluding carboxylic acids is 2. The number of ether oxygens (including phenoxy) is 4. The van der Waals surface area contributed by atoms with E-state index in [0.29, 0.717) is 25.4 Å². The van der Waals surface area contributed by atoms with Crippen molar-refractivity contribution in [2.45, 2.75) is 97.4 Å². The predicted molar refractivity (Wildman–Crippen MR) is 94.5 cm³/mol. The van der Waals surface area contributed by atoms with E-state index in [4.69, 9.17) is 18.9 Å². The molecule has 6 nitrogen and oxygen atoms in total. The van der Waals surface area contributed by atoms with E-state index in [-0.39, 0.29) is 6.10 Å². The molecule has 0 spiro atoms. The highest BCUT2D eigenvalue weighted by Gasteiger charge is 2.32. The number of hydrogen-bond acceptors (Lipinski definition) is 6. The molecule has 6 heteroatoms. The lowest BCUT2D eigenvalue weighted by Gasteiger charge is -2.30. The van der Waals surface area contributed by atoms with E-state index in [1.807, 2.05) is 0 Å². The van der Waals surface area contributed by atoms with E-state index >= 15 is 0 Å². The van der Waals surface area contributed by atoms with Crippen LogP contribution in [0.3, 0.4) is 0 Å². The van der Waals surface area contributed by atoms with Gasteiger partial charge in [-0.15, -0.1) is 0 Å².